The molecule has 1 aromatic carbocycles. The van der Waals surface area contributed by atoms with Crippen molar-refractivity contribution in [1.29, 1.82) is 0 Å². The van der Waals surface area contributed by atoms with E-state index in [2.05, 4.69) is 9.72 Å². The maximum atomic E-state index is 14.9. The van der Waals surface area contributed by atoms with E-state index in [0.717, 1.165) is 29.7 Å². The van der Waals surface area contributed by atoms with Gasteiger partial charge in [-0.25, -0.2) is 18.0 Å². The largest absolute Gasteiger partial charge is 0.465 e. The summed E-state index contributed by atoms with van der Waals surface area (Å²) < 4.78 is 47.2. The third kappa shape index (κ3) is 4.14. The van der Waals surface area contributed by atoms with E-state index in [0.29, 0.717) is 4.70 Å². The maximum absolute atomic E-state index is 14.9. The number of allylic oxidation sites excluding steroid dienone is 2. The minimum atomic E-state index is -3.32. The van der Waals surface area contributed by atoms with Crippen LogP contribution in [0.3, 0.4) is 0 Å². The maximum Gasteiger partial charge on any atom is 0.340 e. The zero-order valence-corrected chi connectivity index (χ0v) is 16.8. The number of fused-ring (bicyclic) bond motifs is 1. The van der Waals surface area contributed by atoms with E-state index in [1.54, 1.807) is 5.38 Å². The number of aromatic nitrogens is 1. The number of esters is 1. The number of carbonyl (C=O) groups excluding carboxylic acids is 2. The minimum Gasteiger partial charge on any atom is -0.465 e. The van der Waals surface area contributed by atoms with Crippen molar-refractivity contribution < 1.29 is 27.5 Å². The molecule has 0 N–H and O–H groups in total. The Hall–Kier alpha value is -2.42. The summed E-state index contributed by atoms with van der Waals surface area (Å²) >= 11 is 12.7. The summed E-state index contributed by atoms with van der Waals surface area (Å²) in [7, 11) is 1.17. The molecule has 0 fully saturated rings. The topological polar surface area (TPSA) is 56.3 Å². The number of methoxy groups -OCH3 is 1. The predicted molar refractivity (Wildman–Crippen MR) is 106 cm³/mol. The van der Waals surface area contributed by atoms with Crippen LogP contribution in [0.4, 0.5) is 13.2 Å². The van der Waals surface area contributed by atoms with Crippen molar-refractivity contribution >= 4 is 62.0 Å². The second kappa shape index (κ2) is 8.52. The smallest absolute Gasteiger partial charge is 0.340 e. The molecule has 0 aliphatic heterocycles. The first-order valence-electron chi connectivity index (χ1n) is 7.88. The normalized spacial score (nSPS) is 12.2. The van der Waals surface area contributed by atoms with E-state index in [9.17, 15) is 22.8 Å². The summed E-state index contributed by atoms with van der Waals surface area (Å²) in [6.45, 7) is 0. The van der Waals surface area contributed by atoms with E-state index >= 15 is 0 Å². The number of nitrogens with zero attached hydrogens (tertiary/aromatic N) is 1. The van der Waals surface area contributed by atoms with Gasteiger partial charge in [0.1, 0.15) is 5.69 Å². The molecule has 4 nitrogen and oxygen atoms in total. The van der Waals surface area contributed by atoms with Gasteiger partial charge in [-0.3, -0.25) is 9.78 Å². The molecule has 150 valence electrons. The number of hydrogen-bond acceptors (Lipinski definition) is 5. The van der Waals surface area contributed by atoms with Crippen LogP contribution in [0.15, 0.2) is 41.7 Å². The van der Waals surface area contributed by atoms with Crippen LogP contribution in [0, 0.1) is 0 Å². The molecule has 0 unspecified atom stereocenters. The summed E-state index contributed by atoms with van der Waals surface area (Å²) in [5, 5.41) is 1.72. The highest BCUT2D eigenvalue weighted by Gasteiger charge is 2.28. The van der Waals surface area contributed by atoms with Gasteiger partial charge in [0.2, 0.25) is 5.78 Å². The van der Waals surface area contributed by atoms with Crippen molar-refractivity contribution in [2.75, 3.05) is 7.11 Å². The van der Waals surface area contributed by atoms with Gasteiger partial charge in [0.05, 0.1) is 22.9 Å². The Bertz CT molecular complexity index is 1140. The van der Waals surface area contributed by atoms with Gasteiger partial charge in [-0.15, -0.1) is 11.3 Å². The fourth-order valence-corrected chi connectivity index (χ4v) is 4.10. The van der Waals surface area contributed by atoms with Crippen LogP contribution < -0.4 is 0 Å². The number of Topliss-reactive ketones (excluding diaryl/α,β-unsaturated/α-hetero) is 1. The molecule has 0 aliphatic carbocycles. The number of alkyl halides is 2. The summed E-state index contributed by atoms with van der Waals surface area (Å²) in [6.07, 6.45) is -2.27. The highest BCUT2D eigenvalue weighted by atomic mass is 35.5. The molecule has 2 heterocycles. The van der Waals surface area contributed by atoms with Gasteiger partial charge in [0, 0.05) is 21.6 Å². The molecule has 0 aliphatic rings. The Balaban J connectivity index is 2.18. The van der Waals surface area contributed by atoms with Crippen molar-refractivity contribution in [3.8, 4) is 0 Å². The van der Waals surface area contributed by atoms with E-state index < -0.39 is 35.3 Å². The second-order valence-corrected chi connectivity index (χ2v) is 7.48. The van der Waals surface area contributed by atoms with Gasteiger partial charge in [0.15, 0.2) is 5.83 Å². The van der Waals surface area contributed by atoms with Gasteiger partial charge in [-0.2, -0.15) is 0 Å². The van der Waals surface area contributed by atoms with Crippen LogP contribution in [0.5, 0.6) is 0 Å². The first kappa shape index (κ1) is 21.3. The highest BCUT2D eigenvalue weighted by Crippen LogP contribution is 2.34. The second-order valence-electron chi connectivity index (χ2n) is 5.69. The van der Waals surface area contributed by atoms with Crippen LogP contribution >= 0.6 is 34.5 Å². The van der Waals surface area contributed by atoms with E-state index in [1.807, 2.05) is 0 Å². The summed E-state index contributed by atoms with van der Waals surface area (Å²) in [6, 6.07) is 4.89. The van der Waals surface area contributed by atoms with Crippen molar-refractivity contribution in [3.63, 3.8) is 0 Å². The molecule has 3 aromatic rings. The molecular formula is C19H10Cl2F3NO3S. The summed E-state index contributed by atoms with van der Waals surface area (Å²) in [5.41, 5.74) is -1.80. The molecule has 0 amide bonds. The van der Waals surface area contributed by atoms with Gasteiger partial charge in [0.25, 0.3) is 6.43 Å². The molecule has 0 saturated heterocycles. The number of pyridine rings is 1. The molecule has 0 atom stereocenters. The lowest BCUT2D eigenvalue weighted by molar-refractivity contribution is 0.0602. The molecule has 0 saturated carbocycles. The zero-order valence-electron chi connectivity index (χ0n) is 14.5. The number of ether oxygens (including phenoxy) is 1. The third-order valence-electron chi connectivity index (χ3n) is 3.94. The Morgan fingerprint density at radius 3 is 2.41 bits per heavy atom. The minimum absolute atomic E-state index is 0.00619. The van der Waals surface area contributed by atoms with Crippen LogP contribution in [-0.2, 0) is 4.74 Å². The van der Waals surface area contributed by atoms with Crippen molar-refractivity contribution in [3.05, 3.63) is 68.5 Å². The van der Waals surface area contributed by atoms with Crippen LogP contribution in [0.25, 0.3) is 15.7 Å². The average molecular weight is 460 g/mol. The molecule has 29 heavy (non-hydrogen) atoms. The molecular weight excluding hydrogens is 450 g/mol. The Kier molecular flexibility index (Phi) is 6.26. The van der Waals surface area contributed by atoms with Crippen LogP contribution in [0.2, 0.25) is 10.0 Å². The third-order valence-corrected chi connectivity index (χ3v) is 5.32. The number of halogens is 5. The predicted octanol–water partition coefficient (Wildman–Crippen LogP) is 6.22. The van der Waals surface area contributed by atoms with Crippen molar-refractivity contribution in [2.24, 2.45) is 0 Å². The quantitative estimate of drug-likeness (QED) is 0.258. The molecule has 2 aromatic heterocycles. The molecule has 3 rings (SSSR count). The molecule has 0 bridgehead atoms. The number of ketones is 1. The van der Waals surface area contributed by atoms with Gasteiger partial charge in [-0.05, 0) is 35.2 Å². The fourth-order valence-electron chi connectivity index (χ4n) is 2.68. The Morgan fingerprint density at radius 1 is 1.17 bits per heavy atom. The average Bonchev–Trinajstić information content (AvgIpc) is 3.14. The lowest BCUT2D eigenvalue weighted by atomic mass is 10.0. The van der Waals surface area contributed by atoms with Gasteiger partial charge >= 0.3 is 5.97 Å². The number of rotatable bonds is 5. The Labute approximate surface area is 176 Å². The lowest BCUT2D eigenvalue weighted by Gasteiger charge is -2.11. The fraction of sp³-hybridized carbons (Fsp3) is 0.105. The summed E-state index contributed by atoms with van der Waals surface area (Å²) in [4.78, 5) is 28.4. The number of thiophene rings is 1. The zero-order chi connectivity index (χ0) is 21.3. The van der Waals surface area contributed by atoms with Crippen LogP contribution in [0.1, 0.15) is 26.4 Å². The van der Waals surface area contributed by atoms with Gasteiger partial charge in [-0.1, -0.05) is 23.2 Å². The van der Waals surface area contributed by atoms with E-state index in [-0.39, 0.29) is 26.6 Å². The first-order valence-corrected chi connectivity index (χ1v) is 9.51. The highest BCUT2D eigenvalue weighted by molar-refractivity contribution is 7.17. The monoisotopic (exact) mass is 459 g/mol. The lowest BCUT2D eigenvalue weighted by Crippen LogP contribution is -2.11. The van der Waals surface area contributed by atoms with E-state index in [1.165, 1.54) is 19.2 Å². The number of hydrogen-bond donors (Lipinski definition) is 0. The summed E-state index contributed by atoms with van der Waals surface area (Å²) in [5.74, 6) is -3.73. The van der Waals surface area contributed by atoms with E-state index in [4.69, 9.17) is 23.2 Å². The molecule has 0 spiro atoms. The van der Waals surface area contributed by atoms with Gasteiger partial charge < -0.3 is 4.74 Å². The van der Waals surface area contributed by atoms with Crippen molar-refractivity contribution in [1.82, 2.24) is 4.98 Å². The molecule has 0 radical (unpaired) electrons. The standard InChI is InChI=1S/C19H10Cl2F3NO3S/c1-28-19(27)12-7-25-15(11-2-3-29-17(11)12)16(26)14(22)13(18(23)24)8-4-9(20)6-10(21)5-8/h2-7,18H,1H3/b14-13-. The van der Waals surface area contributed by atoms with Crippen molar-refractivity contribution in [2.45, 2.75) is 6.43 Å². The SMILES string of the molecule is COC(=O)c1cnc(C(=O)/C(F)=C(\c2cc(Cl)cc(Cl)c2)C(F)F)c2ccsc12. The molecule has 10 heteroatoms. The first-order chi connectivity index (χ1) is 13.7. The number of carbonyl (C=O) groups is 2. The Morgan fingerprint density at radius 2 is 1.83 bits per heavy atom. The number of benzene rings is 1. The van der Waals surface area contributed by atoms with Crippen LogP contribution in [-0.4, -0.2) is 30.3 Å².